The van der Waals surface area contributed by atoms with E-state index in [1.807, 2.05) is 73.7 Å². The number of hydrogen-bond acceptors (Lipinski definition) is 10. The molecule has 2 unspecified atom stereocenters. The van der Waals surface area contributed by atoms with Gasteiger partial charge >= 0.3 is 12.1 Å². The van der Waals surface area contributed by atoms with Crippen molar-refractivity contribution in [2.45, 2.75) is 51.0 Å². The standard InChI is InChI=1S/C43H47Cl2N5O7/c1-26-32(13-14-37(53-3)41(26)54-4)38(21-33-34(44)22-46-23-35(33)45)56-42(51)36-20-30(49(2)48-36)25-55-31-12-8-11-29(19-31)40(28-9-6-5-7-10-28)47-43(52)57-39-24-50-17-15-27(39)16-18-50/h5-14,19-20,22-23,26-27,32,38-40H,15-18,21,24-25H2,1-4H3,(H,47,52)/t26?,32?,38-,39-,40-/m0/s1. The molecule has 1 amide bonds. The molecule has 0 saturated carbocycles. The first-order chi connectivity index (χ1) is 27.6. The third-order valence-corrected chi connectivity index (χ3v) is 11.9. The number of nitrogens with one attached hydrogen (secondary N) is 1. The van der Waals surface area contributed by atoms with E-state index in [4.69, 9.17) is 46.9 Å². The second-order valence-corrected chi connectivity index (χ2v) is 15.5. The van der Waals surface area contributed by atoms with Gasteiger partial charge in [0.05, 0.1) is 36.0 Å². The lowest BCUT2D eigenvalue weighted by Crippen LogP contribution is -2.52. The number of amides is 1. The number of ether oxygens (including phenoxy) is 5. The van der Waals surface area contributed by atoms with Gasteiger partial charge in [-0.1, -0.05) is 78.7 Å². The van der Waals surface area contributed by atoms with E-state index in [0.29, 0.717) is 44.5 Å². The highest BCUT2D eigenvalue weighted by molar-refractivity contribution is 6.35. The molecule has 12 nitrogen and oxygen atoms in total. The minimum absolute atomic E-state index is 0.110. The van der Waals surface area contributed by atoms with Gasteiger partial charge in [-0.2, -0.15) is 5.10 Å². The molecule has 2 aromatic heterocycles. The molecule has 8 rings (SSSR count). The molecule has 14 heteroatoms. The monoisotopic (exact) mass is 815 g/mol. The van der Waals surface area contributed by atoms with Crippen LogP contribution in [0.4, 0.5) is 4.79 Å². The number of fused-ring (bicyclic) bond motifs is 3. The second-order valence-electron chi connectivity index (χ2n) is 14.7. The molecular weight excluding hydrogens is 769 g/mol. The first-order valence-corrected chi connectivity index (χ1v) is 19.9. The Balaban J connectivity index is 1.05. The molecule has 0 radical (unpaired) electrons. The predicted molar refractivity (Wildman–Crippen MR) is 215 cm³/mol. The maximum absolute atomic E-state index is 13.8. The highest BCUT2D eigenvalue weighted by atomic mass is 35.5. The number of rotatable bonds is 14. The van der Waals surface area contributed by atoms with Crippen LogP contribution in [0.2, 0.25) is 10.0 Å². The molecule has 1 N–H and O–H groups in total. The van der Waals surface area contributed by atoms with Crippen LogP contribution in [0, 0.1) is 17.8 Å². The number of alkyl carbamates (subject to hydrolysis) is 1. The van der Waals surface area contributed by atoms with Crippen LogP contribution in [-0.4, -0.2) is 77.8 Å². The van der Waals surface area contributed by atoms with Crippen LogP contribution in [-0.2, 0) is 39.0 Å². The van der Waals surface area contributed by atoms with Crippen molar-refractivity contribution in [3.05, 3.63) is 135 Å². The Labute approximate surface area is 342 Å². The number of hydrogen-bond donors (Lipinski definition) is 1. The van der Waals surface area contributed by atoms with Gasteiger partial charge in [0.1, 0.15) is 30.3 Å². The molecule has 4 aromatic rings. The number of esters is 1. The molecule has 5 atom stereocenters. The highest BCUT2D eigenvalue weighted by Crippen LogP contribution is 2.37. The fourth-order valence-electron chi connectivity index (χ4n) is 8.06. The lowest BCUT2D eigenvalue weighted by Gasteiger charge is -2.43. The van der Waals surface area contributed by atoms with Gasteiger partial charge in [-0.15, -0.1) is 0 Å². The van der Waals surface area contributed by atoms with Crippen molar-refractivity contribution in [1.29, 1.82) is 0 Å². The van der Waals surface area contributed by atoms with E-state index in [2.05, 4.69) is 20.3 Å². The molecular formula is C43H47Cl2N5O7. The summed E-state index contributed by atoms with van der Waals surface area (Å²) < 4.78 is 31.3. The maximum atomic E-state index is 13.8. The Bertz CT molecular complexity index is 2100. The molecule has 2 aromatic carbocycles. The number of piperidine rings is 3. The number of carbonyl (C=O) groups excluding carboxylic acids is 2. The molecule has 3 aliphatic heterocycles. The number of benzene rings is 2. The van der Waals surface area contributed by atoms with Crippen LogP contribution in [0.25, 0.3) is 0 Å². The van der Waals surface area contributed by atoms with Gasteiger partial charge in [-0.3, -0.25) is 14.6 Å². The summed E-state index contributed by atoms with van der Waals surface area (Å²) in [4.78, 5) is 33.6. The normalized spacial score (nSPS) is 22.4. The Morgan fingerprint density at radius 3 is 2.39 bits per heavy atom. The molecule has 2 bridgehead atoms. The average Bonchev–Trinajstić information content (AvgIpc) is 3.61. The number of aryl methyl sites for hydroxylation is 1. The summed E-state index contributed by atoms with van der Waals surface area (Å²) in [5, 5.41) is 8.34. The van der Waals surface area contributed by atoms with E-state index >= 15 is 0 Å². The van der Waals surface area contributed by atoms with Crippen molar-refractivity contribution in [2.24, 2.45) is 24.8 Å². The van der Waals surface area contributed by atoms with E-state index in [9.17, 15) is 9.59 Å². The average molecular weight is 817 g/mol. The number of carbonyl (C=O) groups is 2. The molecule has 57 heavy (non-hydrogen) atoms. The maximum Gasteiger partial charge on any atom is 0.408 e. The number of allylic oxidation sites excluding steroid dienone is 2. The molecule has 4 aliphatic rings. The van der Waals surface area contributed by atoms with Crippen molar-refractivity contribution in [2.75, 3.05) is 33.9 Å². The minimum atomic E-state index is -0.701. The van der Waals surface area contributed by atoms with Crippen LogP contribution in [0.3, 0.4) is 0 Å². The summed E-state index contributed by atoms with van der Waals surface area (Å²) in [6.45, 7) is 5.01. The number of nitrogens with zero attached hydrogens (tertiary/aromatic N) is 4. The zero-order valence-corrected chi connectivity index (χ0v) is 33.9. The van der Waals surface area contributed by atoms with Crippen molar-refractivity contribution >= 4 is 35.3 Å². The van der Waals surface area contributed by atoms with Crippen LogP contribution in [0.1, 0.15) is 58.7 Å². The van der Waals surface area contributed by atoms with Crippen molar-refractivity contribution in [1.82, 2.24) is 25.0 Å². The van der Waals surface area contributed by atoms with Crippen LogP contribution >= 0.6 is 23.2 Å². The third kappa shape index (κ3) is 9.24. The Kier molecular flexibility index (Phi) is 12.7. The summed E-state index contributed by atoms with van der Waals surface area (Å²) in [5.74, 6) is 1.08. The summed E-state index contributed by atoms with van der Waals surface area (Å²) in [5.41, 5.74) is 3.11. The summed E-state index contributed by atoms with van der Waals surface area (Å²) in [6, 6.07) is 18.5. The lowest BCUT2D eigenvalue weighted by molar-refractivity contribution is -0.0336. The number of methoxy groups -OCH3 is 2. The summed E-state index contributed by atoms with van der Waals surface area (Å²) in [7, 11) is 4.90. The first kappa shape index (κ1) is 40.2. The first-order valence-electron chi connectivity index (χ1n) is 19.1. The largest absolute Gasteiger partial charge is 0.497 e. The van der Waals surface area contributed by atoms with Gasteiger partial charge in [0.2, 0.25) is 0 Å². The Hall–Kier alpha value is -5.04. The fourth-order valence-corrected chi connectivity index (χ4v) is 8.58. The highest BCUT2D eigenvalue weighted by Gasteiger charge is 2.38. The van der Waals surface area contributed by atoms with Gasteiger partial charge in [0.15, 0.2) is 11.5 Å². The van der Waals surface area contributed by atoms with Crippen molar-refractivity contribution < 1.29 is 33.3 Å². The van der Waals surface area contributed by atoms with Gasteiger partial charge in [0, 0.05) is 44.2 Å². The Morgan fingerprint density at radius 2 is 1.70 bits per heavy atom. The Morgan fingerprint density at radius 1 is 0.965 bits per heavy atom. The lowest BCUT2D eigenvalue weighted by atomic mass is 9.81. The van der Waals surface area contributed by atoms with E-state index in [1.165, 1.54) is 12.4 Å². The van der Waals surface area contributed by atoms with Crippen LogP contribution in [0.15, 0.2) is 96.7 Å². The van der Waals surface area contributed by atoms with Gasteiger partial charge < -0.3 is 29.0 Å². The number of halogens is 2. The summed E-state index contributed by atoms with van der Waals surface area (Å²) in [6.07, 6.45) is 7.85. The molecule has 3 fully saturated rings. The predicted octanol–water partition coefficient (Wildman–Crippen LogP) is 7.71. The SMILES string of the molecule is COC1=C(OC)C(C)C([C@H](Cc2c(Cl)cncc2Cl)OC(=O)c2cc(COc3cccc([C@@H](NC(=O)O[C@H]4CN5CCC4CC5)c4ccccc4)c3)n(C)n2)C=C1. The van der Waals surface area contributed by atoms with E-state index in [0.717, 1.165) is 43.6 Å². The molecule has 0 spiro atoms. The van der Waals surface area contributed by atoms with Crippen LogP contribution < -0.4 is 10.1 Å². The van der Waals surface area contributed by atoms with Crippen molar-refractivity contribution in [3.63, 3.8) is 0 Å². The van der Waals surface area contributed by atoms with Crippen LogP contribution in [0.5, 0.6) is 5.75 Å². The molecule has 3 saturated heterocycles. The zero-order valence-electron chi connectivity index (χ0n) is 32.4. The second kappa shape index (κ2) is 18.0. The smallest absolute Gasteiger partial charge is 0.408 e. The minimum Gasteiger partial charge on any atom is -0.497 e. The third-order valence-electron chi connectivity index (χ3n) is 11.2. The van der Waals surface area contributed by atoms with Gasteiger partial charge in [-0.05, 0) is 72.8 Å². The van der Waals surface area contributed by atoms with Gasteiger partial charge in [0.25, 0.3) is 0 Å². The summed E-state index contributed by atoms with van der Waals surface area (Å²) >= 11 is 13.1. The number of pyridine rings is 1. The number of aromatic nitrogens is 3. The van der Waals surface area contributed by atoms with E-state index < -0.39 is 24.2 Å². The van der Waals surface area contributed by atoms with E-state index in [-0.39, 0.29) is 36.7 Å². The van der Waals surface area contributed by atoms with Gasteiger partial charge in [-0.25, -0.2) is 9.59 Å². The molecule has 1 aliphatic carbocycles. The molecule has 5 heterocycles. The van der Waals surface area contributed by atoms with E-state index in [1.54, 1.807) is 32.0 Å². The van der Waals surface area contributed by atoms with Crippen molar-refractivity contribution in [3.8, 4) is 5.75 Å². The molecule has 300 valence electrons. The fraction of sp³-hybridized carbons (Fsp3) is 0.395. The topological polar surface area (TPSA) is 126 Å². The quantitative estimate of drug-likeness (QED) is 0.127. The zero-order chi connectivity index (χ0) is 40.1.